The summed E-state index contributed by atoms with van der Waals surface area (Å²) in [4.78, 5) is 11.0. The van der Waals surface area contributed by atoms with Gasteiger partial charge in [-0.1, -0.05) is 18.5 Å². The van der Waals surface area contributed by atoms with Gasteiger partial charge in [-0.25, -0.2) is 4.79 Å². The molecule has 1 heterocycles. The Morgan fingerprint density at radius 2 is 2.22 bits per heavy atom. The number of aryl methyl sites for hydroxylation is 1. The third-order valence-corrected chi connectivity index (χ3v) is 2.81. The van der Waals surface area contributed by atoms with Gasteiger partial charge in [-0.05, 0) is 30.7 Å². The van der Waals surface area contributed by atoms with E-state index in [-0.39, 0.29) is 5.56 Å². The van der Waals surface area contributed by atoms with Crippen molar-refractivity contribution in [2.45, 2.75) is 19.9 Å². The summed E-state index contributed by atoms with van der Waals surface area (Å²) < 4.78 is 1.84. The van der Waals surface area contributed by atoms with E-state index in [4.69, 9.17) is 16.7 Å². The zero-order valence-corrected chi connectivity index (χ0v) is 10.7. The number of benzene rings is 1. The lowest BCUT2D eigenvalue weighted by atomic mass is 10.1. The van der Waals surface area contributed by atoms with Crippen LogP contribution in [-0.2, 0) is 6.54 Å². The Kier molecular flexibility index (Phi) is 3.67. The summed E-state index contributed by atoms with van der Waals surface area (Å²) in [6.07, 6.45) is 2.66. The van der Waals surface area contributed by atoms with E-state index in [0.717, 1.165) is 24.2 Å². The van der Waals surface area contributed by atoms with Gasteiger partial charge in [-0.3, -0.25) is 4.68 Å². The minimum absolute atomic E-state index is 0.182. The van der Waals surface area contributed by atoms with E-state index >= 15 is 0 Å². The highest BCUT2D eigenvalue weighted by molar-refractivity contribution is 6.31. The van der Waals surface area contributed by atoms with Gasteiger partial charge in [-0.2, -0.15) is 5.10 Å². The van der Waals surface area contributed by atoms with Crippen molar-refractivity contribution >= 4 is 17.6 Å². The van der Waals surface area contributed by atoms with Gasteiger partial charge in [0, 0.05) is 23.3 Å². The number of aromatic carboxylic acids is 1. The summed E-state index contributed by atoms with van der Waals surface area (Å²) in [6, 6.07) is 6.65. The predicted molar refractivity (Wildman–Crippen MR) is 69.9 cm³/mol. The topological polar surface area (TPSA) is 55.1 Å². The SMILES string of the molecule is CCCn1nccc1-c1cc(Cl)cc(C(=O)O)c1. The standard InChI is InChI=1S/C13H13ClN2O2/c1-2-5-16-12(3-4-15-16)9-6-10(13(17)18)8-11(14)7-9/h3-4,6-8H,2,5H2,1H3,(H,17,18). The van der Waals surface area contributed by atoms with Crippen molar-refractivity contribution in [3.05, 3.63) is 41.0 Å². The first-order valence-corrected chi connectivity index (χ1v) is 6.05. The third-order valence-electron chi connectivity index (χ3n) is 2.59. The maximum atomic E-state index is 11.0. The molecule has 1 aromatic heterocycles. The molecule has 0 unspecified atom stereocenters. The number of carboxylic acids is 1. The molecule has 18 heavy (non-hydrogen) atoms. The molecule has 4 nitrogen and oxygen atoms in total. The number of carboxylic acid groups (broad SMARTS) is 1. The quantitative estimate of drug-likeness (QED) is 0.922. The van der Waals surface area contributed by atoms with Crippen LogP contribution in [0.3, 0.4) is 0 Å². The molecule has 0 saturated carbocycles. The van der Waals surface area contributed by atoms with E-state index in [1.165, 1.54) is 6.07 Å². The Hall–Kier alpha value is -1.81. The molecule has 1 N–H and O–H groups in total. The second kappa shape index (κ2) is 5.23. The van der Waals surface area contributed by atoms with Crippen LogP contribution in [0.1, 0.15) is 23.7 Å². The molecule has 0 atom stereocenters. The van der Waals surface area contributed by atoms with Gasteiger partial charge in [0.1, 0.15) is 0 Å². The Labute approximate surface area is 110 Å². The van der Waals surface area contributed by atoms with E-state index in [0.29, 0.717) is 5.02 Å². The maximum Gasteiger partial charge on any atom is 0.335 e. The fraction of sp³-hybridized carbons (Fsp3) is 0.231. The molecular weight excluding hydrogens is 252 g/mol. The zero-order chi connectivity index (χ0) is 13.1. The monoisotopic (exact) mass is 264 g/mol. The van der Waals surface area contributed by atoms with Gasteiger partial charge in [-0.15, -0.1) is 0 Å². The minimum atomic E-state index is -0.986. The van der Waals surface area contributed by atoms with Crippen molar-refractivity contribution in [1.82, 2.24) is 9.78 Å². The lowest BCUT2D eigenvalue weighted by Gasteiger charge is -2.07. The molecule has 0 saturated heterocycles. The molecule has 0 spiro atoms. The average Bonchev–Trinajstić information content (AvgIpc) is 2.77. The van der Waals surface area contributed by atoms with Crippen LogP contribution in [0.2, 0.25) is 5.02 Å². The Morgan fingerprint density at radius 1 is 1.44 bits per heavy atom. The van der Waals surface area contributed by atoms with Gasteiger partial charge in [0.05, 0.1) is 11.3 Å². The van der Waals surface area contributed by atoms with Crippen molar-refractivity contribution in [3.63, 3.8) is 0 Å². The normalized spacial score (nSPS) is 10.6. The van der Waals surface area contributed by atoms with E-state index in [1.54, 1.807) is 18.3 Å². The van der Waals surface area contributed by atoms with Crippen LogP contribution in [0.15, 0.2) is 30.5 Å². The molecule has 0 fully saturated rings. The number of hydrogen-bond acceptors (Lipinski definition) is 2. The molecule has 0 aliphatic heterocycles. The van der Waals surface area contributed by atoms with Crippen molar-refractivity contribution in [3.8, 4) is 11.3 Å². The highest BCUT2D eigenvalue weighted by atomic mass is 35.5. The lowest BCUT2D eigenvalue weighted by molar-refractivity contribution is 0.0697. The molecule has 0 aliphatic rings. The molecule has 1 aromatic carbocycles. The van der Waals surface area contributed by atoms with E-state index < -0.39 is 5.97 Å². The number of carbonyl (C=O) groups is 1. The zero-order valence-electron chi connectivity index (χ0n) is 9.93. The average molecular weight is 265 g/mol. The molecular formula is C13H13ClN2O2. The molecule has 2 rings (SSSR count). The van der Waals surface area contributed by atoms with Gasteiger partial charge in [0.2, 0.25) is 0 Å². The molecule has 2 aromatic rings. The first-order valence-electron chi connectivity index (χ1n) is 5.68. The van der Waals surface area contributed by atoms with Crippen molar-refractivity contribution < 1.29 is 9.90 Å². The summed E-state index contributed by atoms with van der Waals surface area (Å²) >= 11 is 5.95. The number of nitrogens with zero attached hydrogens (tertiary/aromatic N) is 2. The van der Waals surface area contributed by atoms with Gasteiger partial charge in [0.15, 0.2) is 0 Å². The highest BCUT2D eigenvalue weighted by Gasteiger charge is 2.10. The van der Waals surface area contributed by atoms with Crippen molar-refractivity contribution in [1.29, 1.82) is 0 Å². The largest absolute Gasteiger partial charge is 0.478 e. The second-order valence-corrected chi connectivity index (χ2v) is 4.41. The van der Waals surface area contributed by atoms with Crippen LogP contribution in [-0.4, -0.2) is 20.9 Å². The van der Waals surface area contributed by atoms with Crippen LogP contribution in [0, 0.1) is 0 Å². The lowest BCUT2D eigenvalue weighted by Crippen LogP contribution is -2.02. The van der Waals surface area contributed by atoms with Crippen LogP contribution in [0.25, 0.3) is 11.3 Å². The van der Waals surface area contributed by atoms with Crippen molar-refractivity contribution in [2.75, 3.05) is 0 Å². The Bertz CT molecular complexity index is 578. The fourth-order valence-electron chi connectivity index (χ4n) is 1.83. The van der Waals surface area contributed by atoms with Crippen LogP contribution in [0.5, 0.6) is 0 Å². The summed E-state index contributed by atoms with van der Waals surface area (Å²) in [7, 11) is 0. The highest BCUT2D eigenvalue weighted by Crippen LogP contribution is 2.25. The van der Waals surface area contributed by atoms with Crippen LogP contribution in [0.4, 0.5) is 0 Å². The molecule has 0 amide bonds. The van der Waals surface area contributed by atoms with Crippen molar-refractivity contribution in [2.24, 2.45) is 0 Å². The summed E-state index contributed by atoms with van der Waals surface area (Å²) in [6.45, 7) is 2.85. The number of aromatic nitrogens is 2. The minimum Gasteiger partial charge on any atom is -0.478 e. The van der Waals surface area contributed by atoms with E-state index in [2.05, 4.69) is 12.0 Å². The number of rotatable bonds is 4. The van der Waals surface area contributed by atoms with Crippen LogP contribution >= 0.6 is 11.6 Å². The fourth-order valence-corrected chi connectivity index (χ4v) is 2.06. The van der Waals surface area contributed by atoms with E-state index in [9.17, 15) is 4.79 Å². The molecule has 94 valence electrons. The number of halogens is 1. The molecule has 0 radical (unpaired) electrons. The molecule has 0 bridgehead atoms. The summed E-state index contributed by atoms with van der Waals surface area (Å²) in [5.74, 6) is -0.986. The first-order chi connectivity index (χ1) is 8.61. The Balaban J connectivity index is 2.49. The molecule has 5 heteroatoms. The molecule has 0 aliphatic carbocycles. The van der Waals surface area contributed by atoms with Gasteiger partial charge in [0.25, 0.3) is 0 Å². The van der Waals surface area contributed by atoms with Gasteiger partial charge < -0.3 is 5.11 Å². The summed E-state index contributed by atoms with van der Waals surface area (Å²) in [5, 5.41) is 13.6. The maximum absolute atomic E-state index is 11.0. The summed E-state index contributed by atoms with van der Waals surface area (Å²) in [5.41, 5.74) is 1.83. The van der Waals surface area contributed by atoms with Gasteiger partial charge >= 0.3 is 5.97 Å². The Morgan fingerprint density at radius 3 is 2.89 bits per heavy atom. The van der Waals surface area contributed by atoms with Crippen LogP contribution < -0.4 is 0 Å². The second-order valence-electron chi connectivity index (χ2n) is 3.97. The predicted octanol–water partition coefficient (Wildman–Crippen LogP) is 3.31. The first kappa shape index (κ1) is 12.6. The smallest absolute Gasteiger partial charge is 0.335 e. The van der Waals surface area contributed by atoms with E-state index in [1.807, 2.05) is 10.7 Å². The number of hydrogen-bond donors (Lipinski definition) is 1. The third kappa shape index (κ3) is 2.54.